The molecule has 0 aromatic rings. The maximum atomic E-state index is 5.82. The molecule has 1 heterocycles. The van der Waals surface area contributed by atoms with Gasteiger partial charge in [-0.15, -0.1) is 6.58 Å². The minimum absolute atomic E-state index is 0.407. The van der Waals surface area contributed by atoms with Crippen molar-refractivity contribution in [1.29, 1.82) is 0 Å². The Labute approximate surface area is 94.1 Å². The van der Waals surface area contributed by atoms with Gasteiger partial charge >= 0.3 is 0 Å². The van der Waals surface area contributed by atoms with E-state index in [1.54, 1.807) is 0 Å². The van der Waals surface area contributed by atoms with Crippen LogP contribution in [0.2, 0.25) is 0 Å². The van der Waals surface area contributed by atoms with E-state index in [-0.39, 0.29) is 0 Å². The summed E-state index contributed by atoms with van der Waals surface area (Å²) in [4.78, 5) is 0. The van der Waals surface area contributed by atoms with Crippen molar-refractivity contribution in [3.8, 4) is 0 Å². The topological polar surface area (TPSA) is 21.3 Å². The Kier molecular flexibility index (Phi) is 5.34. The van der Waals surface area contributed by atoms with Crippen molar-refractivity contribution in [3.05, 3.63) is 12.2 Å². The van der Waals surface area contributed by atoms with E-state index in [2.05, 4.69) is 32.7 Å². The summed E-state index contributed by atoms with van der Waals surface area (Å²) in [5.41, 5.74) is 1.27. The first-order valence-electron chi connectivity index (χ1n) is 6.14. The van der Waals surface area contributed by atoms with Gasteiger partial charge in [0, 0.05) is 12.6 Å². The molecular weight excluding hydrogens is 186 g/mol. The van der Waals surface area contributed by atoms with Crippen molar-refractivity contribution in [3.63, 3.8) is 0 Å². The van der Waals surface area contributed by atoms with Gasteiger partial charge in [0.2, 0.25) is 0 Å². The molecule has 3 atom stereocenters. The lowest BCUT2D eigenvalue weighted by Gasteiger charge is -2.27. The lowest BCUT2D eigenvalue weighted by Crippen LogP contribution is -2.42. The number of rotatable bonds is 6. The largest absolute Gasteiger partial charge is 0.376 e. The second-order valence-corrected chi connectivity index (χ2v) is 4.76. The smallest absolute Gasteiger partial charge is 0.0754 e. The first-order valence-corrected chi connectivity index (χ1v) is 6.14. The highest BCUT2D eigenvalue weighted by atomic mass is 16.5. The Bertz CT molecular complexity index is 203. The summed E-state index contributed by atoms with van der Waals surface area (Å²) in [6.45, 7) is 12.5. The molecule has 0 bridgehead atoms. The van der Waals surface area contributed by atoms with Gasteiger partial charge in [0.15, 0.2) is 0 Å². The zero-order valence-electron chi connectivity index (χ0n) is 10.4. The van der Waals surface area contributed by atoms with Crippen LogP contribution in [0.4, 0.5) is 0 Å². The summed E-state index contributed by atoms with van der Waals surface area (Å²) in [5.74, 6) is 0.694. The van der Waals surface area contributed by atoms with Crippen LogP contribution in [0.3, 0.4) is 0 Å². The standard InChI is InChI=1S/C13H25NO/c1-5-14-12(7-6-10(2)3)13-11(4)8-9-15-13/h11-14H,2,5-9H2,1,3-4H3. The highest BCUT2D eigenvalue weighted by Gasteiger charge is 2.31. The molecule has 0 aromatic heterocycles. The predicted molar refractivity (Wildman–Crippen MR) is 65.0 cm³/mol. The van der Waals surface area contributed by atoms with E-state index >= 15 is 0 Å². The zero-order chi connectivity index (χ0) is 11.3. The van der Waals surface area contributed by atoms with E-state index in [1.807, 2.05) is 0 Å². The molecule has 1 aliphatic rings. The molecule has 1 aliphatic heterocycles. The molecule has 0 spiro atoms. The minimum Gasteiger partial charge on any atom is -0.376 e. The third kappa shape index (κ3) is 3.96. The van der Waals surface area contributed by atoms with Gasteiger partial charge in [-0.1, -0.05) is 19.4 Å². The summed E-state index contributed by atoms with van der Waals surface area (Å²) in [6, 6.07) is 0.504. The van der Waals surface area contributed by atoms with E-state index in [4.69, 9.17) is 4.74 Å². The summed E-state index contributed by atoms with van der Waals surface area (Å²) in [6.07, 6.45) is 3.87. The Balaban J connectivity index is 2.44. The highest BCUT2D eigenvalue weighted by Crippen LogP contribution is 2.25. The molecule has 0 saturated carbocycles. The van der Waals surface area contributed by atoms with Crippen molar-refractivity contribution in [2.24, 2.45) is 5.92 Å². The van der Waals surface area contributed by atoms with Gasteiger partial charge in [0.05, 0.1) is 6.10 Å². The van der Waals surface area contributed by atoms with Crippen LogP contribution in [-0.4, -0.2) is 25.3 Å². The van der Waals surface area contributed by atoms with Crippen molar-refractivity contribution < 1.29 is 4.74 Å². The Morgan fingerprint density at radius 3 is 2.80 bits per heavy atom. The monoisotopic (exact) mass is 211 g/mol. The molecule has 15 heavy (non-hydrogen) atoms. The fraction of sp³-hybridized carbons (Fsp3) is 0.846. The number of allylic oxidation sites excluding steroid dienone is 1. The second-order valence-electron chi connectivity index (χ2n) is 4.76. The van der Waals surface area contributed by atoms with Gasteiger partial charge in [-0.3, -0.25) is 0 Å². The fourth-order valence-corrected chi connectivity index (χ4v) is 2.28. The lowest BCUT2D eigenvalue weighted by atomic mass is 9.93. The molecule has 0 amide bonds. The number of hydrogen-bond donors (Lipinski definition) is 1. The average molecular weight is 211 g/mol. The molecule has 88 valence electrons. The van der Waals surface area contributed by atoms with E-state index in [9.17, 15) is 0 Å². The van der Waals surface area contributed by atoms with E-state index < -0.39 is 0 Å². The van der Waals surface area contributed by atoms with Gasteiger partial charge in [0.25, 0.3) is 0 Å². The van der Waals surface area contributed by atoms with Gasteiger partial charge in [-0.05, 0) is 38.6 Å². The molecule has 1 fully saturated rings. The van der Waals surface area contributed by atoms with Crippen LogP contribution in [0.5, 0.6) is 0 Å². The van der Waals surface area contributed by atoms with Crippen LogP contribution in [0.25, 0.3) is 0 Å². The van der Waals surface area contributed by atoms with Crippen LogP contribution >= 0.6 is 0 Å². The van der Waals surface area contributed by atoms with Gasteiger partial charge in [0.1, 0.15) is 0 Å². The molecule has 1 saturated heterocycles. The van der Waals surface area contributed by atoms with E-state index in [1.165, 1.54) is 12.0 Å². The molecule has 0 aliphatic carbocycles. The lowest BCUT2D eigenvalue weighted by molar-refractivity contribution is 0.0589. The maximum absolute atomic E-state index is 5.82. The Morgan fingerprint density at radius 1 is 1.60 bits per heavy atom. The minimum atomic E-state index is 0.407. The van der Waals surface area contributed by atoms with Crippen molar-refractivity contribution in [2.45, 2.75) is 52.2 Å². The number of ether oxygens (including phenoxy) is 1. The van der Waals surface area contributed by atoms with Crippen LogP contribution in [0, 0.1) is 5.92 Å². The first kappa shape index (κ1) is 12.7. The van der Waals surface area contributed by atoms with Crippen molar-refractivity contribution >= 4 is 0 Å². The third-order valence-corrected chi connectivity index (χ3v) is 3.19. The van der Waals surface area contributed by atoms with Gasteiger partial charge < -0.3 is 10.1 Å². The SMILES string of the molecule is C=C(C)CCC(NCC)C1OCCC1C. The molecule has 0 radical (unpaired) electrons. The molecule has 2 heteroatoms. The molecule has 3 unspecified atom stereocenters. The Hall–Kier alpha value is -0.340. The first-order chi connectivity index (χ1) is 7.15. The molecular formula is C13H25NO. The summed E-state index contributed by atoms with van der Waals surface area (Å²) in [7, 11) is 0. The van der Waals surface area contributed by atoms with Gasteiger partial charge in [-0.2, -0.15) is 0 Å². The van der Waals surface area contributed by atoms with Crippen LogP contribution in [0.1, 0.15) is 40.0 Å². The molecule has 2 nitrogen and oxygen atoms in total. The number of hydrogen-bond acceptors (Lipinski definition) is 2. The Morgan fingerprint density at radius 2 is 2.33 bits per heavy atom. The summed E-state index contributed by atoms with van der Waals surface area (Å²) in [5, 5.41) is 3.54. The summed E-state index contributed by atoms with van der Waals surface area (Å²) < 4.78 is 5.82. The second kappa shape index (κ2) is 6.29. The zero-order valence-corrected chi connectivity index (χ0v) is 10.4. The molecule has 1 N–H and O–H groups in total. The van der Waals surface area contributed by atoms with E-state index in [0.717, 1.165) is 26.0 Å². The van der Waals surface area contributed by atoms with E-state index in [0.29, 0.717) is 18.1 Å². The van der Waals surface area contributed by atoms with Crippen molar-refractivity contribution in [1.82, 2.24) is 5.32 Å². The fourth-order valence-electron chi connectivity index (χ4n) is 2.28. The molecule has 1 rings (SSSR count). The average Bonchev–Trinajstić information content (AvgIpc) is 2.59. The third-order valence-electron chi connectivity index (χ3n) is 3.19. The normalized spacial score (nSPS) is 27.9. The van der Waals surface area contributed by atoms with Crippen LogP contribution in [-0.2, 0) is 4.74 Å². The highest BCUT2D eigenvalue weighted by molar-refractivity contribution is 4.92. The molecule has 0 aromatic carbocycles. The van der Waals surface area contributed by atoms with Crippen LogP contribution in [0.15, 0.2) is 12.2 Å². The van der Waals surface area contributed by atoms with Crippen molar-refractivity contribution in [2.75, 3.05) is 13.2 Å². The predicted octanol–water partition coefficient (Wildman–Crippen LogP) is 2.75. The van der Waals surface area contributed by atoms with Crippen LogP contribution < -0.4 is 5.32 Å². The maximum Gasteiger partial charge on any atom is 0.0754 e. The van der Waals surface area contributed by atoms with Gasteiger partial charge in [-0.25, -0.2) is 0 Å². The quantitative estimate of drug-likeness (QED) is 0.682. The number of nitrogens with one attached hydrogen (secondary N) is 1. The number of likely N-dealkylation sites (N-methyl/N-ethyl adjacent to an activating group) is 1. The summed E-state index contributed by atoms with van der Waals surface area (Å²) >= 11 is 0.